The number of amides is 1. The van der Waals surface area contributed by atoms with Crippen LogP contribution >= 0.6 is 35.0 Å². The minimum atomic E-state index is 0.0720. The van der Waals surface area contributed by atoms with Crippen molar-refractivity contribution < 1.29 is 4.79 Å². The first-order valence-electron chi connectivity index (χ1n) is 10.8. The first-order valence-corrected chi connectivity index (χ1v) is 12.8. The Balaban J connectivity index is 1.23. The average molecular weight is 478 g/mol. The molecule has 0 bridgehead atoms. The lowest BCUT2D eigenvalue weighted by molar-refractivity contribution is 0.0774. The second-order valence-electron chi connectivity index (χ2n) is 8.58. The van der Waals surface area contributed by atoms with Gasteiger partial charge in [-0.3, -0.25) is 4.79 Å². The van der Waals surface area contributed by atoms with E-state index in [0.29, 0.717) is 22.4 Å². The van der Waals surface area contributed by atoms with Gasteiger partial charge >= 0.3 is 0 Å². The van der Waals surface area contributed by atoms with Crippen LogP contribution < -0.4 is 5.32 Å². The van der Waals surface area contributed by atoms with Crippen LogP contribution in [0.3, 0.4) is 0 Å². The zero-order valence-corrected chi connectivity index (χ0v) is 20.4. The number of carbonyl (C=O) groups is 1. The Morgan fingerprint density at radius 2 is 1.81 bits per heavy atom. The lowest BCUT2D eigenvalue weighted by Gasteiger charge is -2.22. The molecular weight excluding hydrogens is 449 g/mol. The van der Waals surface area contributed by atoms with Gasteiger partial charge in [-0.05, 0) is 73.9 Å². The standard InChI is InChI=1S/C24H29Cl2N3OS/c1-16-4-5-19(10-23(16)26)27-8-3-9-28-12-17-14-29(15-18(17)13-28)24(30)21-11-20(31-2)6-7-22(21)25/h4-7,10-11,17-18,27H,3,8-9,12-15H2,1-2H3. The molecule has 2 aromatic carbocycles. The number of aryl methyl sites for hydroxylation is 1. The van der Waals surface area contributed by atoms with E-state index in [4.69, 9.17) is 23.2 Å². The van der Waals surface area contributed by atoms with E-state index in [1.54, 1.807) is 11.8 Å². The summed E-state index contributed by atoms with van der Waals surface area (Å²) in [6.07, 6.45) is 3.10. The zero-order chi connectivity index (χ0) is 22.0. The fourth-order valence-electron chi connectivity index (χ4n) is 4.64. The summed E-state index contributed by atoms with van der Waals surface area (Å²) in [6.45, 7) is 7.84. The van der Waals surface area contributed by atoms with Crippen LogP contribution in [-0.2, 0) is 0 Å². The highest BCUT2D eigenvalue weighted by atomic mass is 35.5. The fraction of sp³-hybridized carbons (Fsp3) is 0.458. The van der Waals surface area contributed by atoms with Crippen LogP contribution in [-0.4, -0.2) is 61.2 Å². The van der Waals surface area contributed by atoms with E-state index in [-0.39, 0.29) is 5.91 Å². The van der Waals surface area contributed by atoms with E-state index in [1.165, 1.54) is 0 Å². The monoisotopic (exact) mass is 477 g/mol. The molecule has 2 aliphatic rings. The van der Waals surface area contributed by atoms with Crippen LogP contribution in [0.15, 0.2) is 41.3 Å². The molecule has 2 atom stereocenters. The molecule has 0 radical (unpaired) electrons. The van der Waals surface area contributed by atoms with Gasteiger partial charge in [0.25, 0.3) is 5.91 Å². The van der Waals surface area contributed by atoms with E-state index >= 15 is 0 Å². The lowest BCUT2D eigenvalue weighted by atomic mass is 10.0. The maximum atomic E-state index is 13.0. The topological polar surface area (TPSA) is 35.6 Å². The van der Waals surface area contributed by atoms with Crippen LogP contribution in [0, 0.1) is 18.8 Å². The minimum Gasteiger partial charge on any atom is -0.385 e. The summed E-state index contributed by atoms with van der Waals surface area (Å²) in [7, 11) is 0. The lowest BCUT2D eigenvalue weighted by Crippen LogP contribution is -2.34. The van der Waals surface area contributed by atoms with Gasteiger partial charge in [-0.25, -0.2) is 0 Å². The Labute approximate surface area is 199 Å². The fourth-order valence-corrected chi connectivity index (χ4v) is 5.46. The molecule has 4 rings (SSSR count). The molecule has 7 heteroatoms. The van der Waals surface area contributed by atoms with Crippen molar-refractivity contribution in [2.45, 2.75) is 18.2 Å². The van der Waals surface area contributed by atoms with Gasteiger partial charge in [-0.2, -0.15) is 0 Å². The van der Waals surface area contributed by atoms with Gasteiger partial charge in [0.1, 0.15) is 0 Å². The average Bonchev–Trinajstić information content (AvgIpc) is 3.32. The van der Waals surface area contributed by atoms with Crippen LogP contribution in [0.4, 0.5) is 5.69 Å². The maximum absolute atomic E-state index is 13.0. The molecule has 166 valence electrons. The number of thioether (sulfide) groups is 1. The molecule has 4 nitrogen and oxygen atoms in total. The smallest absolute Gasteiger partial charge is 0.255 e. The van der Waals surface area contributed by atoms with Crippen LogP contribution in [0.25, 0.3) is 0 Å². The van der Waals surface area contributed by atoms with Crippen molar-refractivity contribution in [3.63, 3.8) is 0 Å². The van der Waals surface area contributed by atoms with Crippen molar-refractivity contribution in [1.29, 1.82) is 0 Å². The van der Waals surface area contributed by atoms with Gasteiger partial charge in [-0.15, -0.1) is 11.8 Å². The summed E-state index contributed by atoms with van der Waals surface area (Å²) in [5, 5.41) is 4.81. The molecule has 2 aliphatic heterocycles. The molecule has 0 aliphatic carbocycles. The Morgan fingerprint density at radius 3 is 2.48 bits per heavy atom. The molecular formula is C24H29Cl2N3OS. The van der Waals surface area contributed by atoms with Gasteiger partial charge in [0.2, 0.25) is 0 Å². The first kappa shape index (κ1) is 22.8. The molecule has 31 heavy (non-hydrogen) atoms. The third-order valence-corrected chi connectivity index (χ3v) is 7.87. The molecule has 0 aromatic heterocycles. The number of anilines is 1. The minimum absolute atomic E-state index is 0.0720. The molecule has 2 heterocycles. The second-order valence-corrected chi connectivity index (χ2v) is 10.3. The molecule has 2 saturated heterocycles. The number of likely N-dealkylation sites (tertiary alicyclic amines) is 2. The van der Waals surface area contributed by atoms with Crippen molar-refractivity contribution in [1.82, 2.24) is 9.80 Å². The summed E-state index contributed by atoms with van der Waals surface area (Å²) in [6, 6.07) is 11.8. The molecule has 0 spiro atoms. The highest BCUT2D eigenvalue weighted by Crippen LogP contribution is 2.33. The molecule has 2 fully saturated rings. The normalized spacial score (nSPS) is 20.8. The second kappa shape index (κ2) is 10.0. The third kappa shape index (κ3) is 5.33. The molecule has 2 aromatic rings. The zero-order valence-electron chi connectivity index (χ0n) is 18.0. The number of carbonyl (C=O) groups excluding carboxylic acids is 1. The Kier molecular flexibility index (Phi) is 7.37. The number of rotatable bonds is 7. The predicted molar refractivity (Wildman–Crippen MR) is 132 cm³/mol. The van der Waals surface area contributed by atoms with E-state index in [0.717, 1.165) is 66.9 Å². The van der Waals surface area contributed by atoms with Gasteiger partial charge < -0.3 is 15.1 Å². The van der Waals surface area contributed by atoms with E-state index in [9.17, 15) is 4.79 Å². The number of nitrogens with zero attached hydrogens (tertiary/aromatic N) is 2. The number of hydrogen-bond acceptors (Lipinski definition) is 4. The van der Waals surface area contributed by atoms with Crippen molar-refractivity contribution in [3.8, 4) is 0 Å². The Morgan fingerprint density at radius 1 is 1.06 bits per heavy atom. The summed E-state index contributed by atoms with van der Waals surface area (Å²) in [5.41, 5.74) is 2.81. The van der Waals surface area contributed by atoms with Gasteiger partial charge in [-0.1, -0.05) is 29.3 Å². The molecule has 1 amide bonds. The van der Waals surface area contributed by atoms with Gasteiger partial charge in [0, 0.05) is 48.3 Å². The molecule has 2 unspecified atom stereocenters. The highest BCUT2D eigenvalue weighted by Gasteiger charge is 2.41. The quantitative estimate of drug-likeness (QED) is 0.419. The first-order chi connectivity index (χ1) is 14.9. The van der Waals surface area contributed by atoms with E-state index in [1.807, 2.05) is 48.4 Å². The number of halogens is 2. The Hall–Kier alpha value is -1.40. The SMILES string of the molecule is CSc1ccc(Cl)c(C(=O)N2CC3CN(CCCNc4ccc(C)c(Cl)c4)CC3C2)c1. The summed E-state index contributed by atoms with van der Waals surface area (Å²) < 4.78 is 0. The van der Waals surface area contributed by atoms with E-state index in [2.05, 4.69) is 16.3 Å². The predicted octanol–water partition coefficient (Wildman–Crippen LogP) is 5.53. The van der Waals surface area contributed by atoms with Crippen LogP contribution in [0.1, 0.15) is 22.3 Å². The number of benzene rings is 2. The number of nitrogens with one attached hydrogen (secondary N) is 1. The number of hydrogen-bond donors (Lipinski definition) is 1. The van der Waals surface area contributed by atoms with E-state index < -0.39 is 0 Å². The third-order valence-electron chi connectivity index (χ3n) is 6.41. The molecule has 0 saturated carbocycles. The van der Waals surface area contributed by atoms with Crippen molar-refractivity contribution in [3.05, 3.63) is 57.6 Å². The van der Waals surface area contributed by atoms with Crippen LogP contribution in [0.5, 0.6) is 0 Å². The van der Waals surface area contributed by atoms with Crippen LogP contribution in [0.2, 0.25) is 10.0 Å². The maximum Gasteiger partial charge on any atom is 0.255 e. The Bertz CT molecular complexity index is 940. The summed E-state index contributed by atoms with van der Waals surface area (Å²) in [4.78, 5) is 18.7. The van der Waals surface area contributed by atoms with Crippen molar-refractivity contribution >= 4 is 46.6 Å². The van der Waals surface area contributed by atoms with Crippen molar-refractivity contribution in [2.24, 2.45) is 11.8 Å². The van der Waals surface area contributed by atoms with Gasteiger partial charge in [0.05, 0.1) is 10.6 Å². The van der Waals surface area contributed by atoms with Crippen molar-refractivity contribution in [2.75, 3.05) is 50.8 Å². The number of fused-ring (bicyclic) bond motifs is 1. The largest absolute Gasteiger partial charge is 0.385 e. The summed E-state index contributed by atoms with van der Waals surface area (Å²) >= 11 is 14.2. The molecule has 1 N–H and O–H groups in total. The van der Waals surface area contributed by atoms with Gasteiger partial charge in [0.15, 0.2) is 0 Å². The highest BCUT2D eigenvalue weighted by molar-refractivity contribution is 7.98. The summed E-state index contributed by atoms with van der Waals surface area (Å²) in [5.74, 6) is 1.20.